The Kier molecular flexibility index (Phi) is 5.25. The lowest BCUT2D eigenvalue weighted by molar-refractivity contribution is -0.117. The van der Waals surface area contributed by atoms with Crippen molar-refractivity contribution in [1.82, 2.24) is 0 Å². The van der Waals surface area contributed by atoms with Gasteiger partial charge in [0.2, 0.25) is 0 Å². The second-order valence-corrected chi connectivity index (χ2v) is 10.9. The summed E-state index contributed by atoms with van der Waals surface area (Å²) in [7, 11) is -3.17. The Bertz CT molecular complexity index is 1110. The van der Waals surface area contributed by atoms with Crippen molar-refractivity contribution in [2.75, 3.05) is 16.4 Å². The molecule has 29 heavy (non-hydrogen) atoms. The molecule has 2 atom stereocenters. The van der Waals surface area contributed by atoms with Gasteiger partial charge in [-0.2, -0.15) is 4.99 Å². The third-order valence-corrected chi connectivity index (χ3v) is 8.37. The lowest BCUT2D eigenvalue weighted by Crippen LogP contribution is -2.37. The Hall–Kier alpha value is -2.19. The van der Waals surface area contributed by atoms with E-state index in [1.165, 1.54) is 17.8 Å². The number of hydrogen-bond donors (Lipinski definition) is 0. The first kappa shape index (κ1) is 20.1. The Morgan fingerprint density at radius 3 is 2.72 bits per heavy atom. The van der Waals surface area contributed by atoms with E-state index in [2.05, 4.69) is 4.99 Å². The number of nitrogens with zero attached hydrogens (tertiary/aromatic N) is 2. The van der Waals surface area contributed by atoms with Crippen LogP contribution in [0.3, 0.4) is 0 Å². The summed E-state index contributed by atoms with van der Waals surface area (Å²) in [6.45, 7) is 3.63. The van der Waals surface area contributed by atoms with Crippen LogP contribution in [0, 0.1) is 19.7 Å². The second kappa shape index (κ2) is 7.57. The molecular weight excluding hydrogens is 411 g/mol. The minimum Gasteiger partial charge on any atom is -0.315 e. The SMILES string of the molecule is Cc1cccc(CC(=O)N=C2S[C@@H]3CS(=O)(=O)C[C@@H]3N2c2ccc(C)c(F)c2)c1. The minimum absolute atomic E-state index is 0.0226. The largest absolute Gasteiger partial charge is 0.315 e. The van der Waals surface area contributed by atoms with Crippen molar-refractivity contribution in [1.29, 1.82) is 0 Å². The van der Waals surface area contributed by atoms with Gasteiger partial charge in [-0.15, -0.1) is 0 Å². The van der Waals surface area contributed by atoms with Gasteiger partial charge >= 0.3 is 0 Å². The van der Waals surface area contributed by atoms with Crippen LogP contribution in [0.15, 0.2) is 47.5 Å². The highest BCUT2D eigenvalue weighted by Crippen LogP contribution is 2.41. The molecular formula is C21H21FN2O3S2. The first-order chi connectivity index (χ1) is 13.7. The van der Waals surface area contributed by atoms with Crippen LogP contribution in [0.25, 0.3) is 0 Å². The number of hydrogen-bond acceptors (Lipinski definition) is 4. The average Bonchev–Trinajstić information content (AvgIpc) is 3.08. The molecule has 2 heterocycles. The second-order valence-electron chi connectivity index (χ2n) is 7.56. The van der Waals surface area contributed by atoms with Gasteiger partial charge < -0.3 is 4.90 Å². The van der Waals surface area contributed by atoms with Crippen LogP contribution in [0.2, 0.25) is 0 Å². The molecule has 2 saturated heterocycles. The summed E-state index contributed by atoms with van der Waals surface area (Å²) in [4.78, 5) is 18.6. The van der Waals surface area contributed by atoms with Crippen molar-refractivity contribution in [3.05, 3.63) is 65.0 Å². The number of anilines is 1. The van der Waals surface area contributed by atoms with E-state index >= 15 is 0 Å². The molecule has 152 valence electrons. The summed E-state index contributed by atoms with van der Waals surface area (Å²) in [6.07, 6.45) is 0.162. The van der Waals surface area contributed by atoms with Gasteiger partial charge in [-0.25, -0.2) is 12.8 Å². The predicted octanol–water partition coefficient (Wildman–Crippen LogP) is 3.29. The maximum absolute atomic E-state index is 14.2. The van der Waals surface area contributed by atoms with Crippen molar-refractivity contribution < 1.29 is 17.6 Å². The fraction of sp³-hybridized carbons (Fsp3) is 0.333. The molecule has 8 heteroatoms. The normalized spacial score (nSPS) is 24.1. The number of benzene rings is 2. The highest BCUT2D eigenvalue weighted by molar-refractivity contribution is 8.16. The number of rotatable bonds is 3. The number of sulfone groups is 1. The van der Waals surface area contributed by atoms with E-state index in [-0.39, 0.29) is 40.9 Å². The van der Waals surface area contributed by atoms with Gasteiger partial charge in [0.1, 0.15) is 5.82 Å². The number of carbonyl (C=O) groups excluding carboxylic acids is 1. The first-order valence-electron chi connectivity index (χ1n) is 9.31. The lowest BCUT2D eigenvalue weighted by atomic mass is 10.1. The molecule has 2 fully saturated rings. The van der Waals surface area contributed by atoms with Gasteiger partial charge in [-0.05, 0) is 37.1 Å². The van der Waals surface area contributed by atoms with Crippen LogP contribution in [0.4, 0.5) is 10.1 Å². The van der Waals surface area contributed by atoms with Crippen molar-refractivity contribution in [3.63, 3.8) is 0 Å². The molecule has 2 aliphatic rings. The molecule has 2 aromatic carbocycles. The van der Waals surface area contributed by atoms with Crippen molar-refractivity contribution in [2.24, 2.45) is 4.99 Å². The molecule has 2 aromatic rings. The van der Waals surface area contributed by atoms with Gasteiger partial charge in [0.15, 0.2) is 15.0 Å². The predicted molar refractivity (Wildman–Crippen MR) is 115 cm³/mol. The summed E-state index contributed by atoms with van der Waals surface area (Å²) >= 11 is 1.29. The monoisotopic (exact) mass is 432 g/mol. The molecule has 4 rings (SSSR count). The summed E-state index contributed by atoms with van der Waals surface area (Å²) < 4.78 is 38.4. The highest BCUT2D eigenvalue weighted by atomic mass is 32.2. The zero-order chi connectivity index (χ0) is 20.8. The van der Waals surface area contributed by atoms with Crippen molar-refractivity contribution in [2.45, 2.75) is 31.6 Å². The van der Waals surface area contributed by atoms with Crippen LogP contribution in [0.1, 0.15) is 16.7 Å². The van der Waals surface area contributed by atoms with Gasteiger partial charge in [0, 0.05) is 10.9 Å². The van der Waals surface area contributed by atoms with E-state index in [0.29, 0.717) is 16.4 Å². The third-order valence-electron chi connectivity index (χ3n) is 5.16. The fourth-order valence-electron chi connectivity index (χ4n) is 3.74. The van der Waals surface area contributed by atoms with Crippen LogP contribution in [-0.2, 0) is 21.1 Å². The number of aryl methyl sites for hydroxylation is 2. The van der Waals surface area contributed by atoms with E-state index < -0.39 is 9.84 Å². The van der Waals surface area contributed by atoms with E-state index in [4.69, 9.17) is 0 Å². The van der Waals surface area contributed by atoms with E-state index in [1.807, 2.05) is 31.2 Å². The average molecular weight is 433 g/mol. The zero-order valence-corrected chi connectivity index (χ0v) is 17.8. The lowest BCUT2D eigenvalue weighted by Gasteiger charge is -2.24. The van der Waals surface area contributed by atoms with Gasteiger partial charge in [-0.3, -0.25) is 4.79 Å². The van der Waals surface area contributed by atoms with E-state index in [9.17, 15) is 17.6 Å². The van der Waals surface area contributed by atoms with Gasteiger partial charge in [0.05, 0.1) is 24.0 Å². The van der Waals surface area contributed by atoms with Crippen LogP contribution in [0.5, 0.6) is 0 Å². The quantitative estimate of drug-likeness (QED) is 0.745. The summed E-state index contributed by atoms with van der Waals surface area (Å²) in [5, 5.41) is 0.227. The molecule has 0 unspecified atom stereocenters. The highest BCUT2D eigenvalue weighted by Gasteiger charge is 2.49. The number of amidine groups is 1. The Morgan fingerprint density at radius 2 is 2.00 bits per heavy atom. The zero-order valence-electron chi connectivity index (χ0n) is 16.1. The molecule has 1 amide bonds. The summed E-state index contributed by atoms with van der Waals surface area (Å²) in [6, 6.07) is 12.1. The van der Waals surface area contributed by atoms with Gasteiger partial charge in [-0.1, -0.05) is 47.7 Å². The summed E-state index contributed by atoms with van der Waals surface area (Å²) in [5.41, 5.74) is 2.96. The molecule has 0 aliphatic carbocycles. The topological polar surface area (TPSA) is 66.8 Å². The van der Waals surface area contributed by atoms with E-state index in [0.717, 1.165) is 11.1 Å². The van der Waals surface area contributed by atoms with Crippen LogP contribution >= 0.6 is 11.8 Å². The minimum atomic E-state index is -3.17. The Balaban J connectivity index is 1.66. The van der Waals surface area contributed by atoms with E-state index in [1.54, 1.807) is 24.0 Å². The smallest absolute Gasteiger partial charge is 0.252 e. The molecule has 5 nitrogen and oxygen atoms in total. The molecule has 0 saturated carbocycles. The van der Waals surface area contributed by atoms with Crippen molar-refractivity contribution >= 4 is 38.4 Å². The Morgan fingerprint density at radius 1 is 1.21 bits per heavy atom. The Labute approximate surface area is 173 Å². The standard InChI is InChI=1S/C21H21FN2O3S2/c1-13-4-3-5-15(8-13)9-20(25)23-21-24(16-7-6-14(2)17(22)10-16)18-11-29(26,27)12-19(18)28-21/h3-8,10,18-19H,9,11-12H2,1-2H3/t18-,19+/m0/s1. The molecule has 0 spiro atoms. The molecule has 0 bridgehead atoms. The molecule has 0 N–H and O–H groups in total. The van der Waals surface area contributed by atoms with Gasteiger partial charge in [0.25, 0.3) is 5.91 Å². The van der Waals surface area contributed by atoms with Crippen LogP contribution in [-0.4, -0.2) is 42.3 Å². The molecule has 0 aromatic heterocycles. The number of carbonyl (C=O) groups is 1. The number of halogens is 1. The fourth-order valence-corrected chi connectivity index (χ4v) is 7.67. The maximum Gasteiger partial charge on any atom is 0.252 e. The number of amides is 1. The maximum atomic E-state index is 14.2. The number of aliphatic imine (C=N–C) groups is 1. The number of thioether (sulfide) groups is 1. The first-order valence-corrected chi connectivity index (χ1v) is 12.0. The molecule has 0 radical (unpaired) electrons. The van der Waals surface area contributed by atoms with Crippen molar-refractivity contribution in [3.8, 4) is 0 Å². The number of fused-ring (bicyclic) bond motifs is 1. The summed E-state index contributed by atoms with van der Waals surface area (Å²) in [5.74, 6) is -0.662. The van der Waals surface area contributed by atoms with Crippen LogP contribution < -0.4 is 4.90 Å². The third kappa shape index (κ3) is 4.23. The molecule has 2 aliphatic heterocycles.